The molecule has 3 heteroatoms. The first-order valence-corrected chi connectivity index (χ1v) is 13.6. The molecule has 0 bridgehead atoms. The Balaban J connectivity index is 1.66. The summed E-state index contributed by atoms with van der Waals surface area (Å²) in [5.74, 6) is 2.74. The Morgan fingerprint density at radius 2 is 2.03 bits per heavy atom. The molecule has 0 spiro atoms. The minimum atomic E-state index is -0.711. The Bertz CT molecular complexity index is 676. The first kappa shape index (κ1) is 23.0. The fourth-order valence-electron chi connectivity index (χ4n) is 6.35. The normalized spacial score (nSPS) is 37.7. The van der Waals surface area contributed by atoms with Crippen LogP contribution in [0, 0.1) is 23.2 Å². The van der Waals surface area contributed by atoms with Gasteiger partial charge in [-0.1, -0.05) is 38.2 Å². The molecule has 0 heterocycles. The summed E-state index contributed by atoms with van der Waals surface area (Å²) in [5.41, 5.74) is 4.90. The second-order valence-electron chi connectivity index (χ2n) is 10.1. The zero-order chi connectivity index (χ0) is 21.0. The van der Waals surface area contributed by atoms with Crippen LogP contribution in [0.5, 0.6) is 0 Å². The maximum atomic E-state index is 11.3. The van der Waals surface area contributed by atoms with E-state index in [1.54, 1.807) is 11.8 Å². The summed E-state index contributed by atoms with van der Waals surface area (Å²) < 4.78 is 17.5. The fourth-order valence-corrected chi connectivity index (χ4v) is 6.87. The van der Waals surface area contributed by atoms with Gasteiger partial charge in [-0.25, -0.2) is 0 Å². The molecule has 0 aromatic carbocycles. The van der Waals surface area contributed by atoms with Crippen molar-refractivity contribution >= 4 is 10.8 Å². The predicted molar refractivity (Wildman–Crippen MR) is 125 cm³/mol. The van der Waals surface area contributed by atoms with E-state index in [1.807, 2.05) is 0 Å². The van der Waals surface area contributed by atoms with E-state index >= 15 is 0 Å². The minimum Gasteiger partial charge on any atom is -0.378 e. The highest BCUT2D eigenvalue weighted by Gasteiger charge is 2.51. The van der Waals surface area contributed by atoms with Crippen molar-refractivity contribution in [3.8, 4) is 0 Å². The molecule has 0 aromatic rings. The molecule has 0 radical (unpaired) electrons. The van der Waals surface area contributed by atoms with Crippen LogP contribution in [0.15, 0.2) is 35.5 Å². The molecule has 2 nitrogen and oxygen atoms in total. The van der Waals surface area contributed by atoms with E-state index in [-0.39, 0.29) is 0 Å². The molecule has 0 N–H and O–H groups in total. The third-order valence-corrected chi connectivity index (χ3v) is 9.01. The van der Waals surface area contributed by atoms with Crippen molar-refractivity contribution in [2.45, 2.75) is 84.7 Å². The van der Waals surface area contributed by atoms with Crippen molar-refractivity contribution in [2.75, 3.05) is 18.6 Å². The van der Waals surface area contributed by atoms with Crippen LogP contribution in [0.4, 0.5) is 0 Å². The van der Waals surface area contributed by atoms with E-state index in [0.29, 0.717) is 29.3 Å². The molecule has 6 unspecified atom stereocenters. The van der Waals surface area contributed by atoms with Gasteiger partial charge in [0.2, 0.25) is 0 Å². The summed E-state index contributed by atoms with van der Waals surface area (Å²) in [5, 5.41) is 0. The zero-order valence-electron chi connectivity index (χ0n) is 19.2. The summed E-state index contributed by atoms with van der Waals surface area (Å²) in [4.78, 5) is 0. The first-order chi connectivity index (χ1) is 13.8. The average molecular weight is 419 g/mol. The van der Waals surface area contributed by atoms with Gasteiger partial charge in [-0.2, -0.15) is 0 Å². The summed E-state index contributed by atoms with van der Waals surface area (Å²) >= 11 is 0. The van der Waals surface area contributed by atoms with Crippen LogP contribution in [0.2, 0.25) is 0 Å². The van der Waals surface area contributed by atoms with Crippen molar-refractivity contribution in [2.24, 2.45) is 23.2 Å². The van der Waals surface area contributed by atoms with Crippen LogP contribution in [-0.2, 0) is 15.5 Å². The second-order valence-corrected chi connectivity index (χ2v) is 11.6. The molecule has 0 aliphatic heterocycles. The van der Waals surface area contributed by atoms with Gasteiger partial charge >= 0.3 is 0 Å². The number of hydrogen-bond acceptors (Lipinski definition) is 2. The fraction of sp³-hybridized carbons (Fsp3) is 0.769. The number of fused-ring (bicyclic) bond motifs is 1. The van der Waals surface area contributed by atoms with E-state index in [9.17, 15) is 4.21 Å². The van der Waals surface area contributed by atoms with Gasteiger partial charge in [0.25, 0.3) is 0 Å². The maximum absolute atomic E-state index is 11.3. The Morgan fingerprint density at radius 1 is 1.24 bits per heavy atom. The lowest BCUT2D eigenvalue weighted by Gasteiger charge is -2.44. The van der Waals surface area contributed by atoms with E-state index in [4.69, 9.17) is 4.74 Å². The SMILES string of the molecule is C=C1/C(=C\C=C2/CCCC3(C)C2CCC3C(C)OCCCS(C)=O)CCCC1C. The monoisotopic (exact) mass is 418 g/mol. The molecule has 6 atom stereocenters. The van der Waals surface area contributed by atoms with Gasteiger partial charge in [-0.15, -0.1) is 0 Å². The van der Waals surface area contributed by atoms with Gasteiger partial charge in [-0.05, 0) is 99.0 Å². The van der Waals surface area contributed by atoms with Crippen LogP contribution < -0.4 is 0 Å². The zero-order valence-corrected chi connectivity index (χ0v) is 20.0. The van der Waals surface area contributed by atoms with Gasteiger partial charge in [-0.3, -0.25) is 4.21 Å². The lowest BCUT2D eigenvalue weighted by atomic mass is 9.62. The molecule has 3 aliphatic carbocycles. The maximum Gasteiger partial charge on any atom is 0.0580 e. The first-order valence-electron chi connectivity index (χ1n) is 11.8. The largest absolute Gasteiger partial charge is 0.378 e. The van der Waals surface area contributed by atoms with E-state index < -0.39 is 10.8 Å². The topological polar surface area (TPSA) is 26.3 Å². The van der Waals surface area contributed by atoms with E-state index in [1.165, 1.54) is 62.5 Å². The Morgan fingerprint density at radius 3 is 2.79 bits per heavy atom. The summed E-state index contributed by atoms with van der Waals surface area (Å²) in [6.45, 7) is 12.2. The molecule has 0 saturated heterocycles. The molecule has 0 amide bonds. The standard InChI is InChI=1S/C26H42O2S/c1-19-9-6-10-22(20(19)2)12-13-23-11-7-16-26(4)24(14-15-25(23)26)21(3)28-17-8-18-29(5)27/h12-13,19,21,24-25H,2,6-11,14-18H2,1,3-5H3/b22-12-,23-13+. The van der Waals surface area contributed by atoms with Crippen LogP contribution >= 0.6 is 0 Å². The van der Waals surface area contributed by atoms with E-state index in [2.05, 4.69) is 39.5 Å². The quantitative estimate of drug-likeness (QED) is 0.435. The lowest BCUT2D eigenvalue weighted by molar-refractivity contribution is -0.0244. The van der Waals surface area contributed by atoms with Gasteiger partial charge < -0.3 is 4.74 Å². The van der Waals surface area contributed by atoms with Crippen LogP contribution in [0.1, 0.15) is 78.6 Å². The number of rotatable bonds is 7. The highest BCUT2D eigenvalue weighted by Crippen LogP contribution is 2.58. The van der Waals surface area contributed by atoms with Crippen molar-refractivity contribution < 1.29 is 8.95 Å². The molecule has 3 aliphatic rings. The summed E-state index contributed by atoms with van der Waals surface area (Å²) in [6, 6.07) is 0. The molecule has 164 valence electrons. The van der Waals surface area contributed by atoms with Crippen LogP contribution in [0.25, 0.3) is 0 Å². The molecule has 29 heavy (non-hydrogen) atoms. The van der Waals surface area contributed by atoms with Crippen LogP contribution in [-0.4, -0.2) is 28.9 Å². The van der Waals surface area contributed by atoms with E-state index in [0.717, 1.165) is 18.8 Å². The molecule has 0 aromatic heterocycles. The molecular formula is C26H42O2S. The van der Waals surface area contributed by atoms with Crippen molar-refractivity contribution in [1.82, 2.24) is 0 Å². The van der Waals surface area contributed by atoms with Gasteiger partial charge in [0.1, 0.15) is 0 Å². The summed E-state index contributed by atoms with van der Waals surface area (Å²) in [7, 11) is -0.711. The van der Waals surface area contributed by atoms with Crippen molar-refractivity contribution in [3.63, 3.8) is 0 Å². The Kier molecular flexibility index (Phi) is 8.00. The molecule has 3 saturated carbocycles. The van der Waals surface area contributed by atoms with Gasteiger partial charge in [0.15, 0.2) is 0 Å². The number of hydrogen-bond donors (Lipinski definition) is 0. The van der Waals surface area contributed by atoms with Gasteiger partial charge in [0, 0.05) is 29.4 Å². The highest BCUT2D eigenvalue weighted by molar-refractivity contribution is 7.84. The molecular weight excluding hydrogens is 376 g/mol. The smallest absolute Gasteiger partial charge is 0.0580 e. The predicted octanol–water partition coefficient (Wildman–Crippen LogP) is 6.61. The Labute approximate surface area is 181 Å². The second kappa shape index (κ2) is 10.1. The molecule has 3 rings (SSSR count). The Hall–Kier alpha value is -0.670. The third kappa shape index (κ3) is 5.34. The highest BCUT2D eigenvalue weighted by atomic mass is 32.2. The lowest BCUT2D eigenvalue weighted by Crippen LogP contribution is -2.38. The third-order valence-electron chi connectivity index (χ3n) is 8.15. The van der Waals surface area contributed by atoms with Crippen LogP contribution in [0.3, 0.4) is 0 Å². The minimum absolute atomic E-state index is 0.298. The van der Waals surface area contributed by atoms with Gasteiger partial charge in [0.05, 0.1) is 6.10 Å². The summed E-state index contributed by atoms with van der Waals surface area (Å²) in [6.07, 6.45) is 18.1. The average Bonchev–Trinajstić information content (AvgIpc) is 3.03. The molecule has 3 fully saturated rings. The number of allylic oxidation sites excluding steroid dienone is 5. The van der Waals surface area contributed by atoms with Crippen molar-refractivity contribution in [3.05, 3.63) is 35.5 Å². The van der Waals surface area contributed by atoms with Crippen molar-refractivity contribution in [1.29, 1.82) is 0 Å². The number of ether oxygens (including phenoxy) is 1.